The third-order valence-electron chi connectivity index (χ3n) is 4.70. The highest BCUT2D eigenvalue weighted by atomic mass is 32.2. The zero-order valence-corrected chi connectivity index (χ0v) is 14.6. The van der Waals surface area contributed by atoms with Gasteiger partial charge in [0.2, 0.25) is 5.91 Å². The summed E-state index contributed by atoms with van der Waals surface area (Å²) in [6, 6.07) is 5.35. The van der Waals surface area contributed by atoms with E-state index in [2.05, 4.69) is 11.8 Å². The van der Waals surface area contributed by atoms with Crippen LogP contribution in [-0.2, 0) is 10.5 Å². The molecule has 0 aliphatic heterocycles. The summed E-state index contributed by atoms with van der Waals surface area (Å²) in [6.45, 7) is 2.19. The molecule has 0 N–H and O–H groups in total. The standard InChI is InChI=1S/C18H24FNO2S/c1-12(13-3-4-13)20(16-6-7-16)18(21)11-23-10-14-9-15(19)5-8-17(14)22-2/h5,8-9,12-13,16H,3-4,6-7,10-11H2,1-2H3. The molecule has 0 heterocycles. The molecule has 2 saturated carbocycles. The van der Waals surface area contributed by atoms with Crippen LogP contribution in [0.1, 0.15) is 38.2 Å². The number of nitrogens with zero attached hydrogens (tertiary/aromatic N) is 1. The monoisotopic (exact) mass is 337 g/mol. The van der Waals surface area contributed by atoms with Crippen LogP contribution in [0.3, 0.4) is 0 Å². The second-order valence-corrected chi connectivity index (χ2v) is 7.54. The normalized spacial score (nSPS) is 18.6. The molecule has 5 heteroatoms. The zero-order chi connectivity index (χ0) is 16.4. The average Bonchev–Trinajstić information content (AvgIpc) is 3.39. The molecule has 3 nitrogen and oxygen atoms in total. The predicted molar refractivity (Wildman–Crippen MR) is 91.2 cm³/mol. The molecule has 1 unspecified atom stereocenters. The lowest BCUT2D eigenvalue weighted by Crippen LogP contribution is -2.42. The Morgan fingerprint density at radius 3 is 2.74 bits per heavy atom. The minimum absolute atomic E-state index is 0.229. The maximum absolute atomic E-state index is 13.4. The molecule has 0 aromatic heterocycles. The van der Waals surface area contributed by atoms with Crippen LogP contribution in [0.5, 0.6) is 5.75 Å². The van der Waals surface area contributed by atoms with Gasteiger partial charge in [-0.05, 0) is 56.7 Å². The largest absolute Gasteiger partial charge is 0.496 e. The zero-order valence-electron chi connectivity index (χ0n) is 13.8. The Balaban J connectivity index is 1.55. The van der Waals surface area contributed by atoms with Gasteiger partial charge in [-0.1, -0.05) is 0 Å². The van der Waals surface area contributed by atoms with Crippen LogP contribution in [-0.4, -0.2) is 35.8 Å². The predicted octanol–water partition coefficient (Wildman–Crippen LogP) is 3.86. The van der Waals surface area contributed by atoms with E-state index >= 15 is 0 Å². The first-order valence-electron chi connectivity index (χ1n) is 8.31. The Labute approximate surface area is 141 Å². The van der Waals surface area contributed by atoms with E-state index in [-0.39, 0.29) is 11.7 Å². The first-order chi connectivity index (χ1) is 11.1. The summed E-state index contributed by atoms with van der Waals surface area (Å²) in [5, 5.41) is 0. The molecule has 0 saturated heterocycles. The summed E-state index contributed by atoms with van der Waals surface area (Å²) < 4.78 is 18.6. The molecular formula is C18H24FNO2S. The number of carbonyl (C=O) groups excluding carboxylic acids is 1. The summed E-state index contributed by atoms with van der Waals surface area (Å²) in [4.78, 5) is 14.7. The molecule has 0 bridgehead atoms. The first kappa shape index (κ1) is 16.6. The van der Waals surface area contributed by atoms with Crippen molar-refractivity contribution in [3.8, 4) is 5.75 Å². The van der Waals surface area contributed by atoms with Gasteiger partial charge in [-0.3, -0.25) is 4.79 Å². The van der Waals surface area contributed by atoms with Gasteiger partial charge >= 0.3 is 0 Å². The second kappa shape index (κ2) is 7.12. The third-order valence-corrected chi connectivity index (χ3v) is 5.66. The van der Waals surface area contributed by atoms with Crippen molar-refractivity contribution in [2.24, 2.45) is 5.92 Å². The molecule has 0 radical (unpaired) electrons. The molecule has 23 heavy (non-hydrogen) atoms. The van der Waals surface area contributed by atoms with Crippen molar-refractivity contribution in [2.75, 3.05) is 12.9 Å². The molecular weight excluding hydrogens is 313 g/mol. The second-order valence-electron chi connectivity index (χ2n) is 6.56. The minimum Gasteiger partial charge on any atom is -0.496 e. The number of methoxy groups -OCH3 is 1. The first-order valence-corrected chi connectivity index (χ1v) is 9.47. The van der Waals surface area contributed by atoms with Crippen molar-refractivity contribution in [1.82, 2.24) is 4.90 Å². The fourth-order valence-corrected chi connectivity index (χ4v) is 3.98. The van der Waals surface area contributed by atoms with E-state index in [0.717, 1.165) is 18.4 Å². The van der Waals surface area contributed by atoms with Crippen molar-refractivity contribution in [3.05, 3.63) is 29.6 Å². The van der Waals surface area contributed by atoms with Gasteiger partial charge in [-0.25, -0.2) is 4.39 Å². The van der Waals surface area contributed by atoms with Crippen LogP contribution in [0.4, 0.5) is 4.39 Å². The number of rotatable bonds is 8. The maximum Gasteiger partial charge on any atom is 0.233 e. The molecule has 1 amide bonds. The Hall–Kier alpha value is -1.23. The fraction of sp³-hybridized carbons (Fsp3) is 0.611. The third kappa shape index (κ3) is 4.19. The number of thioether (sulfide) groups is 1. The molecule has 2 aliphatic carbocycles. The van der Waals surface area contributed by atoms with E-state index in [0.29, 0.717) is 35.3 Å². The van der Waals surface area contributed by atoms with Crippen LogP contribution in [0.2, 0.25) is 0 Å². The Bertz CT molecular complexity index is 572. The fourth-order valence-electron chi connectivity index (χ4n) is 3.10. The molecule has 3 rings (SSSR count). The van der Waals surface area contributed by atoms with E-state index in [9.17, 15) is 9.18 Å². The van der Waals surface area contributed by atoms with Crippen LogP contribution in [0.15, 0.2) is 18.2 Å². The lowest BCUT2D eigenvalue weighted by atomic mass is 10.2. The van der Waals surface area contributed by atoms with E-state index in [1.54, 1.807) is 13.2 Å². The van der Waals surface area contributed by atoms with E-state index in [1.807, 2.05) is 0 Å². The number of halogens is 1. The van der Waals surface area contributed by atoms with Gasteiger partial charge in [-0.2, -0.15) is 0 Å². The summed E-state index contributed by atoms with van der Waals surface area (Å²) in [5.41, 5.74) is 0.804. The molecule has 126 valence electrons. The summed E-state index contributed by atoms with van der Waals surface area (Å²) in [5.74, 6) is 2.38. The number of hydrogen-bond acceptors (Lipinski definition) is 3. The van der Waals surface area contributed by atoms with Crippen LogP contribution < -0.4 is 4.74 Å². The van der Waals surface area contributed by atoms with Crippen molar-refractivity contribution in [2.45, 2.75) is 50.4 Å². The number of carbonyl (C=O) groups is 1. The lowest BCUT2D eigenvalue weighted by molar-refractivity contribution is -0.131. The Morgan fingerprint density at radius 2 is 2.13 bits per heavy atom. The van der Waals surface area contributed by atoms with Gasteiger partial charge in [0, 0.05) is 23.4 Å². The van der Waals surface area contributed by atoms with Crippen LogP contribution >= 0.6 is 11.8 Å². The van der Waals surface area contributed by atoms with Gasteiger partial charge in [0.25, 0.3) is 0 Å². The van der Waals surface area contributed by atoms with E-state index in [1.165, 1.54) is 36.7 Å². The summed E-state index contributed by atoms with van der Waals surface area (Å²) in [7, 11) is 1.58. The van der Waals surface area contributed by atoms with Crippen LogP contribution in [0.25, 0.3) is 0 Å². The topological polar surface area (TPSA) is 29.5 Å². The van der Waals surface area contributed by atoms with Crippen molar-refractivity contribution >= 4 is 17.7 Å². The average molecular weight is 337 g/mol. The highest BCUT2D eigenvalue weighted by Crippen LogP contribution is 2.40. The summed E-state index contributed by atoms with van der Waals surface area (Å²) >= 11 is 1.54. The summed E-state index contributed by atoms with van der Waals surface area (Å²) in [6.07, 6.45) is 4.80. The number of ether oxygens (including phenoxy) is 1. The van der Waals surface area contributed by atoms with E-state index in [4.69, 9.17) is 4.74 Å². The van der Waals surface area contributed by atoms with Crippen molar-refractivity contribution < 1.29 is 13.9 Å². The van der Waals surface area contributed by atoms with E-state index < -0.39 is 0 Å². The molecule has 2 aliphatic rings. The van der Waals surface area contributed by atoms with Gasteiger partial charge in [0.1, 0.15) is 11.6 Å². The van der Waals surface area contributed by atoms with Gasteiger partial charge < -0.3 is 9.64 Å². The molecule has 2 fully saturated rings. The minimum atomic E-state index is -0.269. The van der Waals surface area contributed by atoms with Gasteiger partial charge in [0.15, 0.2) is 0 Å². The number of hydrogen-bond donors (Lipinski definition) is 0. The Kier molecular flexibility index (Phi) is 5.14. The Morgan fingerprint density at radius 1 is 1.39 bits per heavy atom. The maximum atomic E-state index is 13.4. The van der Waals surface area contributed by atoms with Crippen LogP contribution in [0, 0.1) is 11.7 Å². The quantitative estimate of drug-likeness (QED) is 0.721. The number of amides is 1. The lowest BCUT2D eigenvalue weighted by Gasteiger charge is -2.29. The SMILES string of the molecule is COc1ccc(F)cc1CSCC(=O)N(C1CC1)C(C)C1CC1. The number of benzene rings is 1. The highest BCUT2D eigenvalue weighted by Gasteiger charge is 2.41. The molecule has 1 aromatic carbocycles. The molecule has 0 spiro atoms. The molecule has 1 aromatic rings. The smallest absolute Gasteiger partial charge is 0.233 e. The van der Waals surface area contributed by atoms with Gasteiger partial charge in [-0.15, -0.1) is 11.8 Å². The van der Waals surface area contributed by atoms with Gasteiger partial charge in [0.05, 0.1) is 12.9 Å². The highest BCUT2D eigenvalue weighted by molar-refractivity contribution is 7.99. The van der Waals surface area contributed by atoms with Crippen molar-refractivity contribution in [1.29, 1.82) is 0 Å². The van der Waals surface area contributed by atoms with Crippen molar-refractivity contribution in [3.63, 3.8) is 0 Å². The molecule has 1 atom stereocenters.